The van der Waals surface area contributed by atoms with Crippen molar-refractivity contribution in [2.75, 3.05) is 26.7 Å². The maximum absolute atomic E-state index is 13.4. The first-order valence-electron chi connectivity index (χ1n) is 11.5. The summed E-state index contributed by atoms with van der Waals surface area (Å²) in [5, 5.41) is 3.33. The number of nitrogens with zero attached hydrogens (tertiary/aromatic N) is 2. The first kappa shape index (κ1) is 27.8. The van der Waals surface area contributed by atoms with Gasteiger partial charge in [0.1, 0.15) is 6.04 Å². The van der Waals surface area contributed by atoms with Crippen molar-refractivity contribution in [2.24, 2.45) is 0 Å². The molecule has 0 radical (unpaired) electrons. The van der Waals surface area contributed by atoms with E-state index in [1.54, 1.807) is 0 Å². The molecule has 0 heterocycles. The van der Waals surface area contributed by atoms with Crippen LogP contribution < -0.4 is 5.32 Å². The molecule has 2 rings (SSSR count). The summed E-state index contributed by atoms with van der Waals surface area (Å²) in [5.74, 6) is -0.644. The maximum atomic E-state index is 13.4. The average Bonchev–Trinajstić information content (AvgIpc) is 2.82. The maximum Gasteiger partial charge on any atom is 0.243 e. The van der Waals surface area contributed by atoms with E-state index in [9.17, 15) is 18.0 Å². The van der Waals surface area contributed by atoms with Crippen molar-refractivity contribution in [1.29, 1.82) is 0 Å². The topological polar surface area (TPSA) is 86.8 Å². The summed E-state index contributed by atoms with van der Waals surface area (Å²) in [5.41, 5.74) is 1.03. The van der Waals surface area contributed by atoms with E-state index in [0.717, 1.165) is 22.7 Å². The second-order valence-electron chi connectivity index (χ2n) is 8.11. The molecule has 0 aliphatic carbocycles. The van der Waals surface area contributed by atoms with Crippen LogP contribution in [0.15, 0.2) is 59.5 Å². The van der Waals surface area contributed by atoms with E-state index in [-0.39, 0.29) is 17.3 Å². The molecule has 0 saturated heterocycles. The summed E-state index contributed by atoms with van der Waals surface area (Å²) < 4.78 is 26.9. The van der Waals surface area contributed by atoms with E-state index in [0.29, 0.717) is 31.0 Å². The summed E-state index contributed by atoms with van der Waals surface area (Å²) in [4.78, 5) is 27.8. The van der Waals surface area contributed by atoms with Crippen LogP contribution in [0.1, 0.15) is 38.7 Å². The largest absolute Gasteiger partial charge is 0.354 e. The third-order valence-corrected chi connectivity index (χ3v) is 7.65. The van der Waals surface area contributed by atoms with Crippen LogP contribution in [0.2, 0.25) is 5.02 Å². The van der Waals surface area contributed by atoms with E-state index in [1.807, 2.05) is 44.2 Å². The Labute approximate surface area is 208 Å². The molecule has 2 amide bonds. The number of nitrogens with one attached hydrogen (secondary N) is 1. The number of amides is 2. The molecule has 0 unspecified atom stereocenters. The Morgan fingerprint density at radius 1 is 1.03 bits per heavy atom. The fourth-order valence-electron chi connectivity index (χ4n) is 3.55. The van der Waals surface area contributed by atoms with Crippen LogP contribution in [0, 0.1) is 0 Å². The number of hydrogen-bond donors (Lipinski definition) is 1. The number of benzene rings is 2. The summed E-state index contributed by atoms with van der Waals surface area (Å²) in [7, 11) is -2.53. The predicted octanol–water partition coefficient (Wildman–Crippen LogP) is 3.73. The molecule has 0 aromatic heterocycles. The standard InChI is InChI=1S/C25H34ClN3O4S/c1-4-6-17-27-25(31)23(5-2)29(18-16-20-10-8-7-9-11-20)24(30)19-28(3)34(32,33)22-14-12-21(26)13-15-22/h7-15,23H,4-6,16-19H2,1-3H3,(H,27,31)/t23-/m0/s1. The zero-order valence-electron chi connectivity index (χ0n) is 20.0. The van der Waals surface area contributed by atoms with E-state index < -0.39 is 22.0 Å². The Morgan fingerprint density at radius 2 is 1.68 bits per heavy atom. The lowest BCUT2D eigenvalue weighted by Crippen LogP contribution is -2.52. The first-order valence-corrected chi connectivity index (χ1v) is 13.4. The molecule has 0 saturated carbocycles. The highest BCUT2D eigenvalue weighted by Gasteiger charge is 2.31. The monoisotopic (exact) mass is 507 g/mol. The Bertz CT molecular complexity index is 1030. The molecule has 2 aromatic rings. The lowest BCUT2D eigenvalue weighted by Gasteiger charge is -2.32. The second-order valence-corrected chi connectivity index (χ2v) is 10.6. The molecule has 0 fully saturated rings. The summed E-state index contributed by atoms with van der Waals surface area (Å²) in [6.45, 7) is 4.35. The summed E-state index contributed by atoms with van der Waals surface area (Å²) in [6, 6.07) is 14.8. The quantitative estimate of drug-likeness (QED) is 0.418. The van der Waals surface area contributed by atoms with E-state index in [4.69, 9.17) is 11.6 Å². The van der Waals surface area contributed by atoms with Crippen molar-refractivity contribution >= 4 is 33.4 Å². The van der Waals surface area contributed by atoms with Crippen molar-refractivity contribution in [3.8, 4) is 0 Å². The van der Waals surface area contributed by atoms with Gasteiger partial charge >= 0.3 is 0 Å². The molecular weight excluding hydrogens is 474 g/mol. The number of carbonyl (C=O) groups is 2. The van der Waals surface area contributed by atoms with Crippen LogP contribution in [0.3, 0.4) is 0 Å². The lowest BCUT2D eigenvalue weighted by atomic mass is 10.1. The Balaban J connectivity index is 2.22. The minimum Gasteiger partial charge on any atom is -0.354 e. The van der Waals surface area contributed by atoms with Gasteiger partial charge in [0.2, 0.25) is 21.8 Å². The van der Waals surface area contributed by atoms with Gasteiger partial charge in [0.15, 0.2) is 0 Å². The normalized spacial score (nSPS) is 12.4. The first-order chi connectivity index (χ1) is 16.2. The average molecular weight is 508 g/mol. The van der Waals surface area contributed by atoms with E-state index >= 15 is 0 Å². The number of rotatable bonds is 13. The van der Waals surface area contributed by atoms with Gasteiger partial charge in [0.25, 0.3) is 0 Å². The number of hydrogen-bond acceptors (Lipinski definition) is 4. The highest BCUT2D eigenvalue weighted by molar-refractivity contribution is 7.89. The molecule has 9 heteroatoms. The van der Waals surface area contributed by atoms with Gasteiger partial charge in [0, 0.05) is 25.2 Å². The SMILES string of the molecule is CCCCNC(=O)[C@H](CC)N(CCc1ccccc1)C(=O)CN(C)S(=O)(=O)c1ccc(Cl)cc1. The van der Waals surface area contributed by atoms with Gasteiger partial charge in [-0.3, -0.25) is 9.59 Å². The number of carbonyl (C=O) groups excluding carboxylic acids is 2. The molecular formula is C25H34ClN3O4S. The van der Waals surface area contributed by atoms with Crippen LogP contribution >= 0.6 is 11.6 Å². The molecule has 0 bridgehead atoms. The number of likely N-dealkylation sites (N-methyl/N-ethyl adjacent to an activating group) is 1. The smallest absolute Gasteiger partial charge is 0.243 e. The highest BCUT2D eigenvalue weighted by atomic mass is 35.5. The fraction of sp³-hybridized carbons (Fsp3) is 0.440. The Hall–Kier alpha value is -2.42. The fourth-order valence-corrected chi connectivity index (χ4v) is 4.80. The lowest BCUT2D eigenvalue weighted by molar-refractivity contribution is -0.140. The highest BCUT2D eigenvalue weighted by Crippen LogP contribution is 2.18. The second kappa shape index (κ2) is 13.5. The molecule has 1 atom stereocenters. The molecule has 186 valence electrons. The molecule has 2 aromatic carbocycles. The molecule has 1 N–H and O–H groups in total. The zero-order valence-corrected chi connectivity index (χ0v) is 21.6. The minimum atomic E-state index is -3.90. The van der Waals surface area contributed by atoms with Crippen molar-refractivity contribution in [3.05, 3.63) is 65.2 Å². The molecule has 0 aliphatic heterocycles. The number of unbranched alkanes of at least 4 members (excludes halogenated alkanes) is 1. The van der Waals surface area contributed by atoms with Crippen LogP contribution in [-0.2, 0) is 26.0 Å². The summed E-state index contributed by atoms with van der Waals surface area (Å²) >= 11 is 5.87. The van der Waals surface area contributed by atoms with Crippen LogP contribution in [0.4, 0.5) is 0 Å². The number of sulfonamides is 1. The van der Waals surface area contributed by atoms with Crippen molar-refractivity contribution in [1.82, 2.24) is 14.5 Å². The van der Waals surface area contributed by atoms with E-state index in [2.05, 4.69) is 5.32 Å². The third kappa shape index (κ3) is 7.82. The van der Waals surface area contributed by atoms with Crippen molar-refractivity contribution in [2.45, 2.75) is 50.5 Å². The van der Waals surface area contributed by atoms with Crippen LogP contribution in [0.5, 0.6) is 0 Å². The van der Waals surface area contributed by atoms with Crippen LogP contribution in [-0.4, -0.2) is 62.2 Å². The van der Waals surface area contributed by atoms with Gasteiger partial charge in [-0.1, -0.05) is 62.2 Å². The third-order valence-electron chi connectivity index (χ3n) is 5.58. The molecule has 7 nitrogen and oxygen atoms in total. The van der Waals surface area contributed by atoms with E-state index in [1.165, 1.54) is 36.2 Å². The van der Waals surface area contributed by atoms with Crippen molar-refractivity contribution < 1.29 is 18.0 Å². The Morgan fingerprint density at radius 3 is 2.26 bits per heavy atom. The zero-order chi connectivity index (χ0) is 25.1. The minimum absolute atomic E-state index is 0.0485. The Kier molecular flexibility index (Phi) is 11.0. The van der Waals surface area contributed by atoms with Crippen molar-refractivity contribution in [3.63, 3.8) is 0 Å². The van der Waals surface area contributed by atoms with Gasteiger partial charge in [-0.05, 0) is 49.1 Å². The van der Waals surface area contributed by atoms with Gasteiger partial charge in [-0.2, -0.15) is 4.31 Å². The van der Waals surface area contributed by atoms with Gasteiger partial charge < -0.3 is 10.2 Å². The predicted molar refractivity (Wildman–Crippen MR) is 135 cm³/mol. The van der Waals surface area contributed by atoms with Crippen LogP contribution in [0.25, 0.3) is 0 Å². The molecule has 34 heavy (non-hydrogen) atoms. The van der Waals surface area contributed by atoms with Gasteiger partial charge in [-0.25, -0.2) is 8.42 Å². The van der Waals surface area contributed by atoms with Gasteiger partial charge in [-0.15, -0.1) is 0 Å². The molecule has 0 spiro atoms. The molecule has 0 aliphatic rings. The summed E-state index contributed by atoms with van der Waals surface area (Å²) in [6.07, 6.45) is 2.77. The van der Waals surface area contributed by atoms with Gasteiger partial charge in [0.05, 0.1) is 11.4 Å². The number of halogens is 1.